The van der Waals surface area contributed by atoms with Gasteiger partial charge < -0.3 is 14.0 Å². The molecule has 0 aliphatic rings. The van der Waals surface area contributed by atoms with Crippen molar-refractivity contribution >= 4 is 40.7 Å². The van der Waals surface area contributed by atoms with E-state index < -0.39 is 17.6 Å². The quantitative estimate of drug-likeness (QED) is 0.156. The van der Waals surface area contributed by atoms with Gasteiger partial charge in [0.05, 0.1) is 32.0 Å². The van der Waals surface area contributed by atoms with Crippen LogP contribution >= 0.6 is 23.2 Å². The van der Waals surface area contributed by atoms with Crippen LogP contribution in [0.5, 0.6) is 5.75 Å². The maximum absolute atomic E-state index is 13.8. The molecule has 7 nitrogen and oxygen atoms in total. The van der Waals surface area contributed by atoms with Crippen LogP contribution in [0, 0.1) is 0 Å². The normalized spacial score (nSPS) is 11.5. The minimum atomic E-state index is -0.933. The summed E-state index contributed by atoms with van der Waals surface area (Å²) in [4.78, 5) is 51.6. The zero-order valence-electron chi connectivity index (χ0n) is 22.6. The van der Waals surface area contributed by atoms with Crippen LogP contribution in [0.3, 0.4) is 0 Å². The van der Waals surface area contributed by atoms with E-state index in [1.165, 1.54) is 38.0 Å². The van der Waals surface area contributed by atoms with E-state index in [-0.39, 0.29) is 30.2 Å². The van der Waals surface area contributed by atoms with Crippen LogP contribution in [0.15, 0.2) is 83.8 Å². The van der Waals surface area contributed by atoms with E-state index in [0.717, 1.165) is 0 Å². The monoisotopic (exact) mass is 591 g/mol. The van der Waals surface area contributed by atoms with E-state index in [9.17, 15) is 19.2 Å². The van der Waals surface area contributed by atoms with Crippen molar-refractivity contribution in [2.24, 2.45) is 0 Å². The summed E-state index contributed by atoms with van der Waals surface area (Å²) in [6, 6.07) is 18.8. The highest BCUT2D eigenvalue weighted by atomic mass is 35.5. The molecule has 0 bridgehead atoms. The molecule has 41 heavy (non-hydrogen) atoms. The number of esters is 1. The molecule has 1 heterocycles. The molecular weight excluding hydrogens is 565 g/mol. The Bertz CT molecular complexity index is 1680. The summed E-state index contributed by atoms with van der Waals surface area (Å²) < 4.78 is 11.7. The molecule has 0 saturated heterocycles. The van der Waals surface area contributed by atoms with Gasteiger partial charge in [0, 0.05) is 40.1 Å². The number of benzene rings is 3. The second-order valence-corrected chi connectivity index (χ2v) is 10.2. The maximum atomic E-state index is 13.8. The van der Waals surface area contributed by atoms with Crippen molar-refractivity contribution in [1.82, 2.24) is 4.57 Å². The molecule has 1 atom stereocenters. The fourth-order valence-electron chi connectivity index (χ4n) is 4.63. The number of pyridine rings is 1. The number of halogens is 2. The van der Waals surface area contributed by atoms with E-state index in [1.54, 1.807) is 60.7 Å². The van der Waals surface area contributed by atoms with Crippen LogP contribution in [0.2, 0.25) is 10.0 Å². The number of carbonyl (C=O) groups excluding carboxylic acids is 3. The fraction of sp³-hybridized carbons (Fsp3) is 0.188. The molecule has 0 spiro atoms. The highest BCUT2D eigenvalue weighted by molar-refractivity contribution is 6.31. The Hall–Kier alpha value is -4.20. The average Bonchev–Trinajstić information content (AvgIpc) is 2.96. The summed E-state index contributed by atoms with van der Waals surface area (Å²) in [6.45, 7) is 1.43. The smallest absolute Gasteiger partial charge is 0.337 e. The van der Waals surface area contributed by atoms with E-state index in [2.05, 4.69) is 0 Å². The number of rotatable bonds is 10. The second-order valence-electron chi connectivity index (χ2n) is 9.39. The van der Waals surface area contributed by atoms with Gasteiger partial charge in [-0.2, -0.15) is 0 Å². The third-order valence-electron chi connectivity index (χ3n) is 6.75. The number of carbonyl (C=O) groups is 3. The lowest BCUT2D eigenvalue weighted by Crippen LogP contribution is -2.32. The predicted molar refractivity (Wildman–Crippen MR) is 158 cm³/mol. The summed E-state index contributed by atoms with van der Waals surface area (Å²) >= 11 is 12.7. The number of ketones is 2. The van der Waals surface area contributed by atoms with Crippen LogP contribution in [-0.2, 0) is 22.4 Å². The van der Waals surface area contributed by atoms with Gasteiger partial charge in [0.1, 0.15) is 5.75 Å². The van der Waals surface area contributed by atoms with Gasteiger partial charge in [0.2, 0.25) is 0 Å². The Morgan fingerprint density at radius 3 is 2.24 bits per heavy atom. The third kappa shape index (κ3) is 6.76. The van der Waals surface area contributed by atoms with Gasteiger partial charge in [0.15, 0.2) is 11.6 Å². The third-order valence-corrected chi connectivity index (χ3v) is 7.35. The lowest BCUT2D eigenvalue weighted by molar-refractivity contribution is -0.121. The first kappa shape index (κ1) is 29.8. The van der Waals surface area contributed by atoms with Crippen LogP contribution in [0.25, 0.3) is 11.1 Å². The number of Topliss-reactive ketones (excluding diaryl/α,β-unsaturated/α-hetero) is 2. The molecule has 1 aromatic heterocycles. The Morgan fingerprint density at radius 2 is 1.61 bits per heavy atom. The van der Waals surface area contributed by atoms with Crippen molar-refractivity contribution in [3.63, 3.8) is 0 Å². The number of ether oxygens (including phenoxy) is 2. The van der Waals surface area contributed by atoms with Crippen LogP contribution in [0.1, 0.15) is 44.8 Å². The number of methoxy groups -OCH3 is 2. The molecule has 1 unspecified atom stereocenters. The van der Waals surface area contributed by atoms with Crippen molar-refractivity contribution in [2.75, 3.05) is 14.2 Å². The summed E-state index contributed by atoms with van der Waals surface area (Å²) in [6.07, 6.45) is 1.62. The Balaban J connectivity index is 1.80. The van der Waals surface area contributed by atoms with Gasteiger partial charge in [-0.1, -0.05) is 53.5 Å². The van der Waals surface area contributed by atoms with Crippen molar-refractivity contribution in [1.29, 1.82) is 0 Å². The predicted octanol–water partition coefficient (Wildman–Crippen LogP) is 6.42. The zero-order valence-corrected chi connectivity index (χ0v) is 24.2. The molecular formula is C32H27Cl2NO6. The molecule has 4 aromatic rings. The summed E-state index contributed by atoms with van der Waals surface area (Å²) in [5.41, 5.74) is 2.45. The summed E-state index contributed by atoms with van der Waals surface area (Å²) in [5.74, 6) is -0.646. The minimum Gasteiger partial charge on any atom is -0.495 e. The minimum absolute atomic E-state index is 0.00411. The number of hydrogen-bond donors (Lipinski definition) is 0. The zero-order chi connectivity index (χ0) is 29.7. The van der Waals surface area contributed by atoms with Crippen molar-refractivity contribution in [2.45, 2.75) is 25.8 Å². The first-order valence-electron chi connectivity index (χ1n) is 12.7. The lowest BCUT2D eigenvalue weighted by Gasteiger charge is -2.22. The largest absolute Gasteiger partial charge is 0.495 e. The molecule has 4 rings (SSSR count). The highest BCUT2D eigenvalue weighted by Crippen LogP contribution is 2.34. The first-order valence-corrected chi connectivity index (χ1v) is 13.4. The Kier molecular flexibility index (Phi) is 9.42. The van der Waals surface area contributed by atoms with Crippen molar-refractivity contribution < 1.29 is 23.9 Å². The highest BCUT2D eigenvalue weighted by Gasteiger charge is 2.26. The molecule has 0 amide bonds. The average molecular weight is 592 g/mol. The Morgan fingerprint density at radius 1 is 0.902 bits per heavy atom. The van der Waals surface area contributed by atoms with Gasteiger partial charge in [-0.25, -0.2) is 4.79 Å². The van der Waals surface area contributed by atoms with E-state index in [1.807, 2.05) is 6.07 Å². The lowest BCUT2D eigenvalue weighted by atomic mass is 9.95. The number of aromatic nitrogens is 1. The van der Waals surface area contributed by atoms with Gasteiger partial charge in [-0.3, -0.25) is 14.4 Å². The van der Waals surface area contributed by atoms with Crippen LogP contribution < -0.4 is 10.3 Å². The molecule has 0 fully saturated rings. The van der Waals surface area contributed by atoms with Crippen LogP contribution in [-0.4, -0.2) is 36.3 Å². The SMILES string of the molecule is COC(=O)c1ccc(CC(=O)C(Cc2ccccc2Cl)n2cc(OC)c(-c3cc(Cl)ccc3C(C)=O)cc2=O)cc1. The molecule has 0 N–H and O–H groups in total. The topological polar surface area (TPSA) is 91.7 Å². The molecule has 0 aliphatic carbocycles. The molecule has 0 radical (unpaired) electrons. The van der Waals surface area contributed by atoms with Crippen molar-refractivity contribution in [3.05, 3.63) is 122 Å². The molecule has 9 heteroatoms. The van der Waals surface area contributed by atoms with Crippen LogP contribution in [0.4, 0.5) is 0 Å². The molecule has 210 valence electrons. The number of hydrogen-bond acceptors (Lipinski definition) is 6. The maximum Gasteiger partial charge on any atom is 0.337 e. The second kappa shape index (κ2) is 13.0. The van der Waals surface area contributed by atoms with E-state index in [0.29, 0.717) is 43.4 Å². The fourth-order valence-corrected chi connectivity index (χ4v) is 5.01. The van der Waals surface area contributed by atoms with Gasteiger partial charge in [-0.05, 0) is 60.0 Å². The summed E-state index contributed by atoms with van der Waals surface area (Å²) in [7, 11) is 2.74. The molecule has 0 saturated carbocycles. The number of nitrogens with zero attached hydrogens (tertiary/aromatic N) is 1. The standard InChI is InChI=1S/C32H27Cl2NO6/c1-19(36)24-13-12-23(33)16-25(24)26-17-31(38)35(18-30(26)40-2)28(15-22-6-4-5-7-27(22)34)29(37)14-20-8-10-21(11-9-20)32(39)41-3/h4-13,16-18,28H,14-15H2,1-3H3. The van der Waals surface area contributed by atoms with E-state index in [4.69, 9.17) is 32.7 Å². The first-order chi connectivity index (χ1) is 19.6. The summed E-state index contributed by atoms with van der Waals surface area (Å²) in [5, 5.41) is 0.857. The van der Waals surface area contributed by atoms with Crippen molar-refractivity contribution in [3.8, 4) is 16.9 Å². The van der Waals surface area contributed by atoms with Gasteiger partial charge in [-0.15, -0.1) is 0 Å². The van der Waals surface area contributed by atoms with Gasteiger partial charge in [0.25, 0.3) is 5.56 Å². The van der Waals surface area contributed by atoms with E-state index >= 15 is 0 Å². The Labute approximate surface area is 247 Å². The molecule has 0 aliphatic heterocycles. The molecule has 3 aromatic carbocycles. The van der Waals surface area contributed by atoms with Gasteiger partial charge >= 0.3 is 5.97 Å².